The summed E-state index contributed by atoms with van der Waals surface area (Å²) >= 11 is 0. The first kappa shape index (κ1) is 13.2. The molecular formula is C17H19NO2. The first-order valence-corrected chi connectivity index (χ1v) is 6.91. The van der Waals surface area contributed by atoms with Crippen molar-refractivity contribution < 1.29 is 9.84 Å². The van der Waals surface area contributed by atoms with Gasteiger partial charge >= 0.3 is 0 Å². The Morgan fingerprint density at radius 1 is 1.10 bits per heavy atom. The zero-order valence-electron chi connectivity index (χ0n) is 11.5. The summed E-state index contributed by atoms with van der Waals surface area (Å²) in [5, 5.41) is 10.3. The highest BCUT2D eigenvalue weighted by Gasteiger charge is 2.30. The van der Waals surface area contributed by atoms with Gasteiger partial charge in [-0.05, 0) is 18.6 Å². The van der Waals surface area contributed by atoms with Crippen molar-refractivity contribution >= 4 is 0 Å². The van der Waals surface area contributed by atoms with Gasteiger partial charge in [-0.2, -0.15) is 0 Å². The van der Waals surface area contributed by atoms with E-state index < -0.39 is 6.10 Å². The number of benzene rings is 2. The Kier molecular flexibility index (Phi) is 3.47. The predicted octanol–water partition coefficient (Wildman–Crippen LogP) is 2.88. The molecule has 3 heteroatoms. The molecule has 3 rings (SSSR count). The second kappa shape index (κ2) is 5.27. The average molecular weight is 269 g/mol. The molecule has 3 unspecified atom stereocenters. The summed E-state index contributed by atoms with van der Waals surface area (Å²) in [5.74, 6) is 0.721. The van der Waals surface area contributed by atoms with E-state index in [1.165, 1.54) is 5.56 Å². The van der Waals surface area contributed by atoms with Gasteiger partial charge in [-0.1, -0.05) is 48.0 Å². The van der Waals surface area contributed by atoms with Crippen LogP contribution >= 0.6 is 0 Å². The SMILES string of the molecule is Cc1ccc(C2CC(N)C(O)c3ccccc3O2)cc1. The molecule has 104 valence electrons. The summed E-state index contributed by atoms with van der Waals surface area (Å²) in [6.07, 6.45) is -0.204. The van der Waals surface area contributed by atoms with E-state index in [9.17, 15) is 5.11 Å². The van der Waals surface area contributed by atoms with E-state index in [0.29, 0.717) is 6.42 Å². The molecule has 0 amide bonds. The maximum atomic E-state index is 10.3. The van der Waals surface area contributed by atoms with Crippen molar-refractivity contribution in [2.75, 3.05) is 0 Å². The van der Waals surface area contributed by atoms with E-state index in [4.69, 9.17) is 10.5 Å². The van der Waals surface area contributed by atoms with Gasteiger partial charge in [0.25, 0.3) is 0 Å². The number of aryl methyl sites for hydroxylation is 1. The molecule has 0 radical (unpaired) electrons. The maximum absolute atomic E-state index is 10.3. The second-order valence-electron chi connectivity index (χ2n) is 5.40. The quantitative estimate of drug-likeness (QED) is 0.837. The molecular weight excluding hydrogens is 250 g/mol. The second-order valence-corrected chi connectivity index (χ2v) is 5.40. The molecule has 0 bridgehead atoms. The van der Waals surface area contributed by atoms with Crippen LogP contribution in [0.2, 0.25) is 0 Å². The lowest BCUT2D eigenvalue weighted by molar-refractivity contribution is 0.131. The molecule has 0 aliphatic carbocycles. The molecule has 2 aromatic carbocycles. The van der Waals surface area contributed by atoms with Gasteiger partial charge in [-0.3, -0.25) is 0 Å². The minimum atomic E-state index is -0.679. The molecule has 3 N–H and O–H groups in total. The monoisotopic (exact) mass is 269 g/mol. The lowest BCUT2D eigenvalue weighted by Crippen LogP contribution is -2.29. The summed E-state index contributed by atoms with van der Waals surface area (Å²) in [5.41, 5.74) is 9.20. The van der Waals surface area contributed by atoms with Gasteiger partial charge in [-0.25, -0.2) is 0 Å². The molecule has 2 aromatic rings. The van der Waals surface area contributed by atoms with Gasteiger partial charge in [0.05, 0.1) is 6.10 Å². The highest BCUT2D eigenvalue weighted by atomic mass is 16.5. The van der Waals surface area contributed by atoms with Gasteiger partial charge in [0, 0.05) is 18.0 Å². The third-order valence-electron chi connectivity index (χ3n) is 3.85. The minimum Gasteiger partial charge on any atom is -0.485 e. The molecule has 1 heterocycles. The van der Waals surface area contributed by atoms with Crippen molar-refractivity contribution in [3.05, 3.63) is 65.2 Å². The third kappa shape index (κ3) is 2.42. The van der Waals surface area contributed by atoms with E-state index >= 15 is 0 Å². The first-order valence-electron chi connectivity index (χ1n) is 6.91. The van der Waals surface area contributed by atoms with Crippen LogP contribution in [0.15, 0.2) is 48.5 Å². The molecule has 0 saturated carbocycles. The molecule has 3 nitrogen and oxygen atoms in total. The van der Waals surface area contributed by atoms with Crippen LogP contribution < -0.4 is 10.5 Å². The third-order valence-corrected chi connectivity index (χ3v) is 3.85. The topological polar surface area (TPSA) is 55.5 Å². The van der Waals surface area contributed by atoms with Crippen LogP contribution in [0.4, 0.5) is 0 Å². The van der Waals surface area contributed by atoms with Gasteiger partial charge < -0.3 is 15.6 Å². The van der Waals surface area contributed by atoms with Gasteiger partial charge in [0.1, 0.15) is 11.9 Å². The number of rotatable bonds is 1. The smallest absolute Gasteiger partial charge is 0.126 e. The molecule has 0 aromatic heterocycles. The van der Waals surface area contributed by atoms with Crippen molar-refractivity contribution in [1.82, 2.24) is 0 Å². The maximum Gasteiger partial charge on any atom is 0.126 e. The normalized spacial score (nSPS) is 25.4. The fraction of sp³-hybridized carbons (Fsp3) is 0.294. The summed E-state index contributed by atoms with van der Waals surface area (Å²) < 4.78 is 6.08. The average Bonchev–Trinajstić information content (AvgIpc) is 2.58. The predicted molar refractivity (Wildman–Crippen MR) is 78.5 cm³/mol. The number of hydrogen-bond acceptors (Lipinski definition) is 3. The number of para-hydroxylation sites is 1. The Balaban J connectivity index is 1.97. The largest absolute Gasteiger partial charge is 0.485 e. The summed E-state index contributed by atoms with van der Waals surface area (Å²) in [7, 11) is 0. The minimum absolute atomic E-state index is 0.121. The Morgan fingerprint density at radius 3 is 2.55 bits per heavy atom. The molecule has 20 heavy (non-hydrogen) atoms. The van der Waals surface area contributed by atoms with Crippen LogP contribution in [0, 0.1) is 6.92 Å². The molecule has 0 saturated heterocycles. The van der Waals surface area contributed by atoms with Crippen molar-refractivity contribution in [1.29, 1.82) is 0 Å². The van der Waals surface area contributed by atoms with Crippen LogP contribution in [0.25, 0.3) is 0 Å². The summed E-state index contributed by atoms with van der Waals surface area (Å²) in [6.45, 7) is 2.06. The summed E-state index contributed by atoms with van der Waals surface area (Å²) in [6, 6.07) is 15.5. The lowest BCUT2D eigenvalue weighted by Gasteiger charge is -2.20. The molecule has 0 fully saturated rings. The highest BCUT2D eigenvalue weighted by molar-refractivity contribution is 5.38. The molecule has 0 spiro atoms. The van der Waals surface area contributed by atoms with E-state index in [1.807, 2.05) is 24.3 Å². The number of ether oxygens (including phenoxy) is 1. The number of aliphatic hydroxyl groups excluding tert-OH is 1. The van der Waals surface area contributed by atoms with Crippen LogP contribution in [-0.4, -0.2) is 11.1 Å². The van der Waals surface area contributed by atoms with Crippen molar-refractivity contribution in [2.45, 2.75) is 31.6 Å². The van der Waals surface area contributed by atoms with Crippen LogP contribution in [0.5, 0.6) is 5.75 Å². The Labute approximate surface area is 119 Å². The van der Waals surface area contributed by atoms with Crippen LogP contribution in [0.1, 0.15) is 35.3 Å². The number of nitrogens with two attached hydrogens (primary N) is 1. The van der Waals surface area contributed by atoms with Crippen molar-refractivity contribution in [3.8, 4) is 5.75 Å². The Hall–Kier alpha value is -1.84. The summed E-state index contributed by atoms with van der Waals surface area (Å²) in [4.78, 5) is 0. The van der Waals surface area contributed by atoms with Crippen molar-refractivity contribution in [3.63, 3.8) is 0 Å². The van der Waals surface area contributed by atoms with Gasteiger partial charge in [-0.15, -0.1) is 0 Å². The van der Waals surface area contributed by atoms with Gasteiger partial charge in [0.15, 0.2) is 0 Å². The van der Waals surface area contributed by atoms with E-state index in [1.54, 1.807) is 0 Å². The molecule has 1 aliphatic heterocycles. The fourth-order valence-electron chi connectivity index (χ4n) is 2.63. The van der Waals surface area contributed by atoms with E-state index in [2.05, 4.69) is 31.2 Å². The Morgan fingerprint density at radius 2 is 1.80 bits per heavy atom. The zero-order chi connectivity index (χ0) is 14.1. The Bertz CT molecular complexity index is 594. The number of aliphatic hydroxyl groups is 1. The van der Waals surface area contributed by atoms with Crippen LogP contribution in [0.3, 0.4) is 0 Å². The molecule has 3 atom stereocenters. The van der Waals surface area contributed by atoms with Crippen LogP contribution in [-0.2, 0) is 0 Å². The van der Waals surface area contributed by atoms with E-state index in [-0.39, 0.29) is 12.1 Å². The first-order chi connectivity index (χ1) is 9.65. The standard InChI is InChI=1S/C17H19NO2/c1-11-6-8-12(9-7-11)16-10-14(18)17(19)13-4-2-3-5-15(13)20-16/h2-9,14,16-17,19H,10,18H2,1H3. The lowest BCUT2D eigenvalue weighted by atomic mass is 9.96. The fourth-order valence-corrected chi connectivity index (χ4v) is 2.63. The van der Waals surface area contributed by atoms with Crippen molar-refractivity contribution in [2.24, 2.45) is 5.73 Å². The zero-order valence-corrected chi connectivity index (χ0v) is 11.5. The number of fused-ring (bicyclic) bond motifs is 1. The molecule has 1 aliphatic rings. The van der Waals surface area contributed by atoms with Gasteiger partial charge in [0.2, 0.25) is 0 Å². The number of hydrogen-bond donors (Lipinski definition) is 2. The highest BCUT2D eigenvalue weighted by Crippen LogP contribution is 2.37. The van der Waals surface area contributed by atoms with E-state index in [0.717, 1.165) is 16.9 Å².